The standard InChI is InChI=1S/C20H31NO/c1-20(2)18(10-13-22)14-19(20)15-21-11-8-17(9-12-21)16-6-4-3-5-7-16/h3-7,17-19,22H,8-15H2,1-2H3/t18-,19-/m0/s1. The van der Waals surface area contributed by atoms with Crippen LogP contribution >= 0.6 is 0 Å². The molecule has 1 aliphatic heterocycles. The summed E-state index contributed by atoms with van der Waals surface area (Å²) >= 11 is 0. The Balaban J connectivity index is 1.47. The highest BCUT2D eigenvalue weighted by Crippen LogP contribution is 2.53. The summed E-state index contributed by atoms with van der Waals surface area (Å²) in [7, 11) is 0. The first kappa shape index (κ1) is 16.0. The van der Waals surface area contributed by atoms with Gasteiger partial charge in [-0.3, -0.25) is 0 Å². The van der Waals surface area contributed by atoms with Crippen LogP contribution < -0.4 is 0 Å². The largest absolute Gasteiger partial charge is 0.396 e. The van der Waals surface area contributed by atoms with E-state index in [0.29, 0.717) is 12.0 Å². The van der Waals surface area contributed by atoms with Crippen LogP contribution in [-0.4, -0.2) is 36.2 Å². The molecule has 2 aliphatic rings. The highest BCUT2D eigenvalue weighted by molar-refractivity contribution is 5.20. The van der Waals surface area contributed by atoms with Crippen molar-refractivity contribution >= 4 is 0 Å². The number of benzene rings is 1. The molecule has 0 bridgehead atoms. The minimum atomic E-state index is 0.350. The monoisotopic (exact) mass is 301 g/mol. The van der Waals surface area contributed by atoms with Gasteiger partial charge in [-0.2, -0.15) is 0 Å². The van der Waals surface area contributed by atoms with Gasteiger partial charge in [-0.25, -0.2) is 0 Å². The maximum Gasteiger partial charge on any atom is 0.0433 e. The van der Waals surface area contributed by atoms with Crippen LogP contribution in [0.1, 0.15) is 51.0 Å². The summed E-state index contributed by atoms with van der Waals surface area (Å²) in [5.41, 5.74) is 1.94. The fourth-order valence-corrected chi connectivity index (χ4v) is 4.57. The number of rotatable bonds is 5. The summed E-state index contributed by atoms with van der Waals surface area (Å²) in [6.45, 7) is 8.91. The summed E-state index contributed by atoms with van der Waals surface area (Å²) in [5.74, 6) is 2.30. The number of aliphatic hydroxyl groups excluding tert-OH is 1. The van der Waals surface area contributed by atoms with Gasteiger partial charge in [0.2, 0.25) is 0 Å². The van der Waals surface area contributed by atoms with E-state index in [2.05, 4.69) is 49.1 Å². The lowest BCUT2D eigenvalue weighted by atomic mass is 9.53. The van der Waals surface area contributed by atoms with Crippen LogP contribution in [0.2, 0.25) is 0 Å². The molecule has 122 valence electrons. The van der Waals surface area contributed by atoms with Gasteiger partial charge in [0.05, 0.1) is 0 Å². The quantitative estimate of drug-likeness (QED) is 0.891. The first-order valence-corrected chi connectivity index (χ1v) is 8.99. The molecule has 3 rings (SSSR count). The lowest BCUT2D eigenvalue weighted by Gasteiger charge is -2.54. The van der Waals surface area contributed by atoms with Crippen molar-refractivity contribution in [2.45, 2.75) is 45.4 Å². The van der Waals surface area contributed by atoms with Crippen molar-refractivity contribution in [1.82, 2.24) is 4.90 Å². The SMILES string of the molecule is CC1(C)[C@@H](CCO)C[C@H]1CN1CCC(c2ccccc2)CC1. The third-order valence-corrected chi connectivity index (χ3v) is 6.49. The number of aliphatic hydroxyl groups is 1. The van der Waals surface area contributed by atoms with E-state index in [4.69, 9.17) is 5.11 Å². The Morgan fingerprint density at radius 3 is 2.36 bits per heavy atom. The summed E-state index contributed by atoms with van der Waals surface area (Å²) in [6.07, 6.45) is 4.90. The van der Waals surface area contributed by atoms with Crippen molar-refractivity contribution in [3.63, 3.8) is 0 Å². The lowest BCUT2D eigenvalue weighted by Crippen LogP contribution is -2.51. The smallest absolute Gasteiger partial charge is 0.0433 e. The summed E-state index contributed by atoms with van der Waals surface area (Å²) in [5, 5.41) is 9.17. The maximum atomic E-state index is 9.17. The molecule has 1 aliphatic carbocycles. The molecule has 1 N–H and O–H groups in total. The van der Waals surface area contributed by atoms with Crippen LogP contribution in [0.4, 0.5) is 0 Å². The summed E-state index contributed by atoms with van der Waals surface area (Å²) in [6, 6.07) is 11.0. The van der Waals surface area contributed by atoms with E-state index in [1.54, 1.807) is 0 Å². The third kappa shape index (κ3) is 3.23. The molecule has 2 atom stereocenters. The van der Waals surface area contributed by atoms with E-state index in [1.807, 2.05) is 0 Å². The molecule has 1 saturated heterocycles. The minimum Gasteiger partial charge on any atom is -0.396 e. The van der Waals surface area contributed by atoms with Crippen molar-refractivity contribution in [2.75, 3.05) is 26.2 Å². The fourth-order valence-electron chi connectivity index (χ4n) is 4.57. The Kier molecular flexibility index (Phi) is 4.89. The molecule has 0 amide bonds. The van der Waals surface area contributed by atoms with E-state index < -0.39 is 0 Å². The molecule has 0 radical (unpaired) electrons. The van der Waals surface area contributed by atoms with Gasteiger partial charge >= 0.3 is 0 Å². The summed E-state index contributed by atoms with van der Waals surface area (Å²) < 4.78 is 0. The number of piperidine rings is 1. The van der Waals surface area contributed by atoms with Gasteiger partial charge in [-0.1, -0.05) is 44.2 Å². The first-order valence-electron chi connectivity index (χ1n) is 8.99. The highest BCUT2D eigenvalue weighted by Gasteiger charge is 2.47. The number of likely N-dealkylation sites (tertiary alicyclic amines) is 1. The zero-order valence-corrected chi connectivity index (χ0v) is 14.2. The molecule has 2 nitrogen and oxygen atoms in total. The molecule has 0 spiro atoms. The van der Waals surface area contributed by atoms with E-state index in [9.17, 15) is 0 Å². The second-order valence-corrected chi connectivity index (χ2v) is 7.95. The van der Waals surface area contributed by atoms with Crippen molar-refractivity contribution in [2.24, 2.45) is 17.3 Å². The predicted octanol–water partition coefficient (Wildman–Crippen LogP) is 3.91. The van der Waals surface area contributed by atoms with Crippen molar-refractivity contribution in [1.29, 1.82) is 0 Å². The van der Waals surface area contributed by atoms with Crippen LogP contribution in [-0.2, 0) is 0 Å². The van der Waals surface area contributed by atoms with Crippen LogP contribution in [0.15, 0.2) is 30.3 Å². The van der Waals surface area contributed by atoms with Gasteiger partial charge in [0.1, 0.15) is 0 Å². The molecular formula is C20H31NO. The zero-order valence-electron chi connectivity index (χ0n) is 14.2. The van der Waals surface area contributed by atoms with Gasteiger partial charge in [-0.05, 0) is 67.5 Å². The topological polar surface area (TPSA) is 23.5 Å². The molecule has 22 heavy (non-hydrogen) atoms. The number of hydrogen-bond acceptors (Lipinski definition) is 2. The minimum absolute atomic E-state index is 0.350. The second-order valence-electron chi connectivity index (χ2n) is 7.95. The van der Waals surface area contributed by atoms with Gasteiger partial charge in [0, 0.05) is 13.2 Å². The highest BCUT2D eigenvalue weighted by atomic mass is 16.3. The Bertz CT molecular complexity index is 462. The van der Waals surface area contributed by atoms with Crippen LogP contribution in [0.5, 0.6) is 0 Å². The fraction of sp³-hybridized carbons (Fsp3) is 0.700. The van der Waals surface area contributed by atoms with Gasteiger partial charge in [0.15, 0.2) is 0 Å². The van der Waals surface area contributed by atoms with E-state index >= 15 is 0 Å². The molecule has 1 heterocycles. The molecule has 1 saturated carbocycles. The molecular weight excluding hydrogens is 270 g/mol. The lowest BCUT2D eigenvalue weighted by molar-refractivity contribution is -0.0533. The maximum absolute atomic E-state index is 9.17. The molecule has 0 aromatic heterocycles. The van der Waals surface area contributed by atoms with Crippen molar-refractivity contribution < 1.29 is 5.11 Å². The van der Waals surface area contributed by atoms with Crippen LogP contribution in [0.3, 0.4) is 0 Å². The van der Waals surface area contributed by atoms with E-state index in [-0.39, 0.29) is 0 Å². The Hall–Kier alpha value is -0.860. The van der Waals surface area contributed by atoms with Crippen LogP contribution in [0.25, 0.3) is 0 Å². The average Bonchev–Trinajstić information content (AvgIpc) is 2.55. The first-order chi connectivity index (χ1) is 10.6. The predicted molar refractivity (Wildman–Crippen MR) is 91.9 cm³/mol. The van der Waals surface area contributed by atoms with Crippen molar-refractivity contribution in [3.8, 4) is 0 Å². The molecule has 0 unspecified atom stereocenters. The Labute approximate surface area is 135 Å². The molecule has 1 aromatic rings. The van der Waals surface area contributed by atoms with Gasteiger partial charge < -0.3 is 10.0 Å². The van der Waals surface area contributed by atoms with E-state index in [0.717, 1.165) is 24.2 Å². The normalized spacial score (nSPS) is 29.2. The average molecular weight is 301 g/mol. The van der Waals surface area contributed by atoms with E-state index in [1.165, 1.54) is 44.5 Å². The van der Waals surface area contributed by atoms with Crippen LogP contribution in [0, 0.1) is 17.3 Å². The Morgan fingerprint density at radius 2 is 1.77 bits per heavy atom. The zero-order chi connectivity index (χ0) is 15.6. The van der Waals surface area contributed by atoms with Gasteiger partial charge in [0.25, 0.3) is 0 Å². The number of hydrogen-bond donors (Lipinski definition) is 1. The summed E-state index contributed by atoms with van der Waals surface area (Å²) in [4.78, 5) is 2.68. The van der Waals surface area contributed by atoms with Crippen molar-refractivity contribution in [3.05, 3.63) is 35.9 Å². The second kappa shape index (κ2) is 6.72. The molecule has 2 fully saturated rings. The Morgan fingerprint density at radius 1 is 1.09 bits per heavy atom. The molecule has 1 aromatic carbocycles. The van der Waals surface area contributed by atoms with Gasteiger partial charge in [-0.15, -0.1) is 0 Å². The number of nitrogens with zero attached hydrogens (tertiary/aromatic N) is 1. The molecule has 2 heteroatoms. The third-order valence-electron chi connectivity index (χ3n) is 6.49.